The molecule has 0 aromatic heterocycles. The summed E-state index contributed by atoms with van der Waals surface area (Å²) in [7, 11) is -2.50. The van der Waals surface area contributed by atoms with Crippen LogP contribution in [0.4, 0.5) is 5.69 Å². The van der Waals surface area contributed by atoms with Gasteiger partial charge in [-0.25, -0.2) is 13.2 Å². The first-order chi connectivity index (χ1) is 11.1. The van der Waals surface area contributed by atoms with Crippen LogP contribution in [0, 0.1) is 27.7 Å². The minimum absolute atomic E-state index is 0.0525. The van der Waals surface area contributed by atoms with E-state index >= 15 is 0 Å². The highest BCUT2D eigenvalue weighted by Crippen LogP contribution is 2.31. The Bertz CT molecular complexity index is 891. The largest absolute Gasteiger partial charge is 0.478 e. The summed E-state index contributed by atoms with van der Waals surface area (Å²) in [5.74, 6) is -1.17. The van der Waals surface area contributed by atoms with Gasteiger partial charge in [0.1, 0.15) is 0 Å². The van der Waals surface area contributed by atoms with Crippen molar-refractivity contribution in [1.82, 2.24) is 0 Å². The molecule has 0 radical (unpaired) electrons. The van der Waals surface area contributed by atoms with E-state index in [1.54, 1.807) is 26.0 Å². The Balaban J connectivity index is 2.72. The first kappa shape index (κ1) is 18.0. The summed E-state index contributed by atoms with van der Waals surface area (Å²) >= 11 is 0. The summed E-state index contributed by atoms with van der Waals surface area (Å²) in [6.45, 7) is 7.27. The van der Waals surface area contributed by atoms with E-state index in [-0.39, 0.29) is 16.1 Å². The van der Waals surface area contributed by atoms with Gasteiger partial charge in [0.15, 0.2) is 0 Å². The number of hydrogen-bond acceptors (Lipinski definition) is 3. The molecular formula is C18H21NO4S. The molecule has 2 aromatic carbocycles. The zero-order valence-corrected chi connectivity index (χ0v) is 15.2. The van der Waals surface area contributed by atoms with Crippen molar-refractivity contribution < 1.29 is 18.3 Å². The van der Waals surface area contributed by atoms with Crippen LogP contribution in [0.3, 0.4) is 0 Å². The predicted molar refractivity (Wildman–Crippen MR) is 94.4 cm³/mol. The quantitative estimate of drug-likeness (QED) is 0.919. The smallest absolute Gasteiger partial charge is 0.337 e. The molecular weight excluding hydrogens is 326 g/mol. The van der Waals surface area contributed by atoms with Crippen LogP contribution in [0.1, 0.15) is 32.6 Å². The molecule has 2 aromatic rings. The molecule has 0 aliphatic heterocycles. The molecule has 1 N–H and O–H groups in total. The van der Waals surface area contributed by atoms with Gasteiger partial charge in [0, 0.05) is 7.05 Å². The van der Waals surface area contributed by atoms with E-state index in [4.69, 9.17) is 0 Å². The van der Waals surface area contributed by atoms with Gasteiger partial charge in [0.05, 0.1) is 16.1 Å². The van der Waals surface area contributed by atoms with Crippen molar-refractivity contribution in [3.05, 3.63) is 58.1 Å². The minimum Gasteiger partial charge on any atom is -0.478 e. The molecule has 2 rings (SSSR count). The number of rotatable bonds is 4. The highest BCUT2D eigenvalue weighted by molar-refractivity contribution is 7.93. The highest BCUT2D eigenvalue weighted by Gasteiger charge is 2.29. The first-order valence-corrected chi connectivity index (χ1v) is 8.91. The second kappa shape index (κ2) is 6.28. The molecule has 0 heterocycles. The molecule has 0 atom stereocenters. The van der Waals surface area contributed by atoms with Gasteiger partial charge in [-0.2, -0.15) is 0 Å². The number of nitrogens with zero attached hydrogens (tertiary/aromatic N) is 1. The summed E-state index contributed by atoms with van der Waals surface area (Å²) in [5.41, 5.74) is 3.22. The zero-order chi connectivity index (χ0) is 18.2. The molecule has 24 heavy (non-hydrogen) atoms. The zero-order valence-electron chi connectivity index (χ0n) is 14.4. The molecule has 0 saturated heterocycles. The molecule has 0 spiro atoms. The second-order valence-electron chi connectivity index (χ2n) is 5.88. The molecule has 0 aliphatic carbocycles. The van der Waals surface area contributed by atoms with Crippen molar-refractivity contribution >= 4 is 21.7 Å². The van der Waals surface area contributed by atoms with E-state index in [0.717, 1.165) is 15.4 Å². The summed E-state index contributed by atoms with van der Waals surface area (Å²) in [4.78, 5) is 11.6. The molecule has 0 aliphatic rings. The van der Waals surface area contributed by atoms with E-state index < -0.39 is 16.0 Å². The van der Waals surface area contributed by atoms with Crippen LogP contribution in [-0.2, 0) is 10.0 Å². The lowest BCUT2D eigenvalue weighted by Crippen LogP contribution is -2.29. The van der Waals surface area contributed by atoms with E-state index in [9.17, 15) is 18.3 Å². The Kier molecular flexibility index (Phi) is 4.71. The molecule has 6 heteroatoms. The Hall–Kier alpha value is -2.34. The van der Waals surface area contributed by atoms with Crippen molar-refractivity contribution in [3.63, 3.8) is 0 Å². The molecule has 0 saturated carbocycles. The topological polar surface area (TPSA) is 74.7 Å². The molecule has 0 unspecified atom stereocenters. The van der Waals surface area contributed by atoms with Gasteiger partial charge in [-0.3, -0.25) is 4.31 Å². The van der Waals surface area contributed by atoms with E-state index in [0.29, 0.717) is 11.1 Å². The van der Waals surface area contributed by atoms with Crippen LogP contribution >= 0.6 is 0 Å². The van der Waals surface area contributed by atoms with Crippen molar-refractivity contribution in [2.75, 3.05) is 11.4 Å². The standard InChI is InChI=1S/C18H21NO4S/c1-11-10-12(2)14(4)17(13(11)3)24(22,23)19(5)16-9-7-6-8-15(16)18(20)21/h6-10H,1-5H3,(H,20,21). The summed E-state index contributed by atoms with van der Waals surface area (Å²) in [6, 6.07) is 8.03. The Morgan fingerprint density at radius 3 is 2.00 bits per heavy atom. The average Bonchev–Trinajstić information content (AvgIpc) is 2.52. The van der Waals surface area contributed by atoms with Crippen LogP contribution in [0.15, 0.2) is 35.2 Å². The van der Waals surface area contributed by atoms with E-state index in [1.165, 1.54) is 19.2 Å². The van der Waals surface area contributed by atoms with Crippen molar-refractivity contribution in [2.24, 2.45) is 0 Å². The average molecular weight is 347 g/mol. The van der Waals surface area contributed by atoms with Crippen LogP contribution in [0.2, 0.25) is 0 Å². The minimum atomic E-state index is -3.88. The van der Waals surface area contributed by atoms with Crippen LogP contribution in [0.25, 0.3) is 0 Å². The number of carbonyl (C=O) groups is 1. The second-order valence-corrected chi connectivity index (χ2v) is 7.79. The van der Waals surface area contributed by atoms with Crippen molar-refractivity contribution in [1.29, 1.82) is 0 Å². The molecule has 0 fully saturated rings. The molecule has 0 bridgehead atoms. The lowest BCUT2D eigenvalue weighted by Gasteiger charge is -2.24. The summed E-state index contributed by atoms with van der Waals surface area (Å²) < 4.78 is 27.4. The number of para-hydroxylation sites is 1. The maximum absolute atomic E-state index is 13.2. The number of hydrogen-bond donors (Lipinski definition) is 1. The number of aromatic carboxylic acids is 1. The van der Waals surface area contributed by atoms with Gasteiger partial charge in [-0.05, 0) is 62.1 Å². The third-order valence-electron chi connectivity index (χ3n) is 4.39. The molecule has 0 amide bonds. The lowest BCUT2D eigenvalue weighted by molar-refractivity contribution is 0.0698. The maximum atomic E-state index is 13.2. The van der Waals surface area contributed by atoms with Crippen molar-refractivity contribution in [2.45, 2.75) is 32.6 Å². The number of benzene rings is 2. The first-order valence-electron chi connectivity index (χ1n) is 7.47. The van der Waals surface area contributed by atoms with Gasteiger partial charge in [-0.15, -0.1) is 0 Å². The summed E-state index contributed by atoms with van der Waals surface area (Å²) in [6.07, 6.45) is 0. The fourth-order valence-corrected chi connectivity index (χ4v) is 4.55. The van der Waals surface area contributed by atoms with Crippen LogP contribution in [-0.4, -0.2) is 26.5 Å². The summed E-state index contributed by atoms with van der Waals surface area (Å²) in [5, 5.41) is 9.33. The molecule has 128 valence electrons. The fourth-order valence-electron chi connectivity index (χ4n) is 2.76. The normalized spacial score (nSPS) is 11.4. The van der Waals surface area contributed by atoms with Gasteiger partial charge in [0.25, 0.3) is 10.0 Å². The number of carboxylic acid groups (broad SMARTS) is 1. The predicted octanol–water partition coefficient (Wildman–Crippen LogP) is 3.44. The van der Waals surface area contributed by atoms with Gasteiger partial charge in [0.2, 0.25) is 0 Å². The van der Waals surface area contributed by atoms with Crippen molar-refractivity contribution in [3.8, 4) is 0 Å². The molecule has 5 nitrogen and oxygen atoms in total. The Morgan fingerprint density at radius 2 is 1.50 bits per heavy atom. The van der Waals surface area contributed by atoms with Crippen LogP contribution in [0.5, 0.6) is 0 Å². The van der Waals surface area contributed by atoms with Gasteiger partial charge < -0.3 is 5.11 Å². The maximum Gasteiger partial charge on any atom is 0.337 e. The van der Waals surface area contributed by atoms with E-state index in [2.05, 4.69) is 0 Å². The fraction of sp³-hybridized carbons (Fsp3) is 0.278. The monoisotopic (exact) mass is 347 g/mol. The number of aryl methyl sites for hydroxylation is 2. The lowest BCUT2D eigenvalue weighted by atomic mass is 10.0. The van der Waals surface area contributed by atoms with Gasteiger partial charge >= 0.3 is 5.97 Å². The highest BCUT2D eigenvalue weighted by atomic mass is 32.2. The SMILES string of the molecule is Cc1cc(C)c(C)c(S(=O)(=O)N(C)c2ccccc2C(=O)O)c1C. The van der Waals surface area contributed by atoms with E-state index in [1.807, 2.05) is 19.9 Å². The Labute approximate surface area is 142 Å². The van der Waals surface area contributed by atoms with Crippen LogP contribution < -0.4 is 4.31 Å². The third-order valence-corrected chi connectivity index (χ3v) is 6.44. The number of anilines is 1. The Morgan fingerprint density at radius 1 is 1.00 bits per heavy atom. The van der Waals surface area contributed by atoms with Gasteiger partial charge in [-0.1, -0.05) is 18.2 Å². The number of carboxylic acids is 1. The number of sulfonamides is 1. The third kappa shape index (κ3) is 2.89.